The Morgan fingerprint density at radius 3 is 2.65 bits per heavy atom. The first-order valence-electron chi connectivity index (χ1n) is 8.07. The molecule has 1 amide bonds. The Balaban J connectivity index is 1.88. The summed E-state index contributed by atoms with van der Waals surface area (Å²) in [7, 11) is 0. The zero-order chi connectivity index (χ0) is 16.2. The van der Waals surface area contributed by atoms with E-state index in [9.17, 15) is 9.59 Å². The van der Waals surface area contributed by atoms with Crippen molar-refractivity contribution >= 4 is 5.91 Å². The summed E-state index contributed by atoms with van der Waals surface area (Å²) >= 11 is 0. The van der Waals surface area contributed by atoms with Gasteiger partial charge in [-0.25, -0.2) is 4.98 Å². The van der Waals surface area contributed by atoms with Crippen LogP contribution in [0, 0.1) is 6.92 Å². The molecule has 23 heavy (non-hydrogen) atoms. The van der Waals surface area contributed by atoms with Crippen LogP contribution in [0.2, 0.25) is 0 Å². The van der Waals surface area contributed by atoms with Crippen LogP contribution >= 0.6 is 0 Å². The molecule has 3 rings (SSSR count). The number of benzene rings is 1. The number of carbonyl (C=O) groups is 1. The molecule has 1 heterocycles. The van der Waals surface area contributed by atoms with Crippen LogP contribution in [0.3, 0.4) is 0 Å². The van der Waals surface area contributed by atoms with Crippen LogP contribution in [-0.2, 0) is 11.3 Å². The normalized spacial score (nSPS) is 14.8. The number of aryl methyl sites for hydroxylation is 1. The van der Waals surface area contributed by atoms with Crippen LogP contribution in [0.4, 0.5) is 0 Å². The van der Waals surface area contributed by atoms with Gasteiger partial charge in [0.2, 0.25) is 5.91 Å². The van der Waals surface area contributed by atoms with E-state index in [-0.39, 0.29) is 24.1 Å². The summed E-state index contributed by atoms with van der Waals surface area (Å²) in [5, 5.41) is 3.02. The average molecular weight is 311 g/mol. The number of amides is 1. The molecule has 1 aromatic carbocycles. The molecule has 2 aromatic rings. The second-order valence-corrected chi connectivity index (χ2v) is 6.06. The minimum atomic E-state index is -0.196. The van der Waals surface area contributed by atoms with Gasteiger partial charge in [-0.1, -0.05) is 43.2 Å². The second kappa shape index (κ2) is 6.77. The molecule has 1 aliphatic carbocycles. The van der Waals surface area contributed by atoms with Crippen LogP contribution in [0.1, 0.15) is 31.4 Å². The topological polar surface area (TPSA) is 64.0 Å². The molecular formula is C18H21N3O2. The van der Waals surface area contributed by atoms with E-state index in [1.54, 1.807) is 6.92 Å². The lowest BCUT2D eigenvalue weighted by Crippen LogP contribution is -2.38. The number of rotatable bonds is 4. The Hall–Kier alpha value is -2.43. The van der Waals surface area contributed by atoms with E-state index in [4.69, 9.17) is 0 Å². The molecule has 1 N–H and O–H groups in total. The zero-order valence-corrected chi connectivity index (χ0v) is 13.3. The highest BCUT2D eigenvalue weighted by atomic mass is 16.2. The van der Waals surface area contributed by atoms with E-state index in [2.05, 4.69) is 10.3 Å². The number of nitrogens with zero attached hydrogens (tertiary/aromatic N) is 2. The summed E-state index contributed by atoms with van der Waals surface area (Å²) in [6.45, 7) is 1.80. The SMILES string of the molecule is Cc1cc(=O)n(CC(=O)NC2CCCC2)c(-c2ccccc2)n1. The number of hydrogen-bond acceptors (Lipinski definition) is 3. The lowest BCUT2D eigenvalue weighted by atomic mass is 10.2. The maximum absolute atomic E-state index is 12.3. The molecule has 0 unspecified atom stereocenters. The van der Waals surface area contributed by atoms with E-state index >= 15 is 0 Å². The third kappa shape index (κ3) is 3.67. The lowest BCUT2D eigenvalue weighted by molar-refractivity contribution is -0.122. The van der Waals surface area contributed by atoms with Crippen molar-refractivity contribution in [1.82, 2.24) is 14.9 Å². The van der Waals surface area contributed by atoms with E-state index < -0.39 is 0 Å². The van der Waals surface area contributed by atoms with Crippen molar-refractivity contribution in [1.29, 1.82) is 0 Å². The first kappa shape index (κ1) is 15.5. The van der Waals surface area contributed by atoms with Crippen LogP contribution in [0.5, 0.6) is 0 Å². The second-order valence-electron chi connectivity index (χ2n) is 6.06. The molecule has 0 atom stereocenters. The van der Waals surface area contributed by atoms with E-state index in [0.717, 1.165) is 31.2 Å². The van der Waals surface area contributed by atoms with Gasteiger partial charge in [-0.05, 0) is 19.8 Å². The molecule has 0 aliphatic heterocycles. The Bertz CT molecular complexity index is 747. The lowest BCUT2D eigenvalue weighted by Gasteiger charge is -2.15. The summed E-state index contributed by atoms with van der Waals surface area (Å²) in [6, 6.07) is 11.2. The third-order valence-electron chi connectivity index (χ3n) is 4.19. The summed E-state index contributed by atoms with van der Waals surface area (Å²) in [5.74, 6) is 0.416. The molecule has 5 nitrogen and oxygen atoms in total. The zero-order valence-electron chi connectivity index (χ0n) is 13.3. The van der Waals surface area contributed by atoms with Gasteiger partial charge in [0.25, 0.3) is 5.56 Å². The highest BCUT2D eigenvalue weighted by Crippen LogP contribution is 2.18. The van der Waals surface area contributed by atoms with Crippen molar-refractivity contribution in [2.24, 2.45) is 0 Å². The Morgan fingerprint density at radius 2 is 1.96 bits per heavy atom. The fourth-order valence-electron chi connectivity index (χ4n) is 3.07. The highest BCUT2D eigenvalue weighted by Gasteiger charge is 2.19. The summed E-state index contributed by atoms with van der Waals surface area (Å²) in [5.41, 5.74) is 1.29. The predicted octanol–water partition coefficient (Wildman–Crippen LogP) is 2.28. The van der Waals surface area contributed by atoms with Crippen LogP contribution in [0.15, 0.2) is 41.2 Å². The van der Waals surface area contributed by atoms with Gasteiger partial charge in [-0.3, -0.25) is 14.2 Å². The minimum Gasteiger partial charge on any atom is -0.352 e. The van der Waals surface area contributed by atoms with Gasteiger partial charge >= 0.3 is 0 Å². The standard InChI is InChI=1S/C18H21N3O2/c1-13-11-17(23)21(12-16(22)20-15-9-5-6-10-15)18(19-13)14-7-3-2-4-8-14/h2-4,7-8,11,15H,5-6,9-10,12H2,1H3,(H,20,22). The Morgan fingerprint density at radius 1 is 1.26 bits per heavy atom. The van der Waals surface area contributed by atoms with E-state index in [0.29, 0.717) is 11.5 Å². The molecule has 0 radical (unpaired) electrons. The Kier molecular flexibility index (Phi) is 4.55. The first-order valence-corrected chi connectivity index (χ1v) is 8.07. The van der Waals surface area contributed by atoms with Gasteiger partial charge in [0.05, 0.1) is 0 Å². The molecule has 0 saturated heterocycles. The fraction of sp³-hybridized carbons (Fsp3) is 0.389. The van der Waals surface area contributed by atoms with Gasteiger partial charge in [0.1, 0.15) is 12.4 Å². The minimum absolute atomic E-state index is 0.00679. The number of hydrogen-bond donors (Lipinski definition) is 1. The molecule has 1 fully saturated rings. The van der Waals surface area contributed by atoms with Gasteiger partial charge in [0.15, 0.2) is 0 Å². The molecule has 5 heteroatoms. The average Bonchev–Trinajstić information content (AvgIpc) is 3.03. The van der Waals surface area contributed by atoms with E-state index in [1.165, 1.54) is 10.6 Å². The van der Waals surface area contributed by atoms with Gasteiger partial charge < -0.3 is 5.32 Å². The molecule has 1 saturated carbocycles. The van der Waals surface area contributed by atoms with Gasteiger partial charge in [-0.15, -0.1) is 0 Å². The number of carbonyl (C=O) groups excluding carboxylic acids is 1. The van der Waals surface area contributed by atoms with Crippen molar-refractivity contribution in [3.8, 4) is 11.4 Å². The molecule has 1 aromatic heterocycles. The van der Waals surface area contributed by atoms with Crippen molar-refractivity contribution < 1.29 is 4.79 Å². The maximum Gasteiger partial charge on any atom is 0.254 e. The van der Waals surface area contributed by atoms with Crippen molar-refractivity contribution in [2.45, 2.75) is 45.2 Å². The van der Waals surface area contributed by atoms with Gasteiger partial charge in [-0.2, -0.15) is 0 Å². The highest BCUT2D eigenvalue weighted by molar-refractivity contribution is 5.76. The fourth-order valence-corrected chi connectivity index (χ4v) is 3.07. The van der Waals surface area contributed by atoms with Crippen LogP contribution in [-0.4, -0.2) is 21.5 Å². The summed E-state index contributed by atoms with van der Waals surface area (Å²) in [4.78, 5) is 29.1. The van der Waals surface area contributed by atoms with Crippen molar-refractivity contribution in [2.75, 3.05) is 0 Å². The maximum atomic E-state index is 12.3. The largest absolute Gasteiger partial charge is 0.352 e. The monoisotopic (exact) mass is 311 g/mol. The predicted molar refractivity (Wildman–Crippen MR) is 89.1 cm³/mol. The van der Waals surface area contributed by atoms with Crippen molar-refractivity contribution in [3.05, 3.63) is 52.4 Å². The summed E-state index contributed by atoms with van der Waals surface area (Å²) in [6.07, 6.45) is 4.37. The quantitative estimate of drug-likeness (QED) is 0.942. The number of aromatic nitrogens is 2. The molecule has 120 valence electrons. The van der Waals surface area contributed by atoms with E-state index in [1.807, 2.05) is 30.3 Å². The summed E-state index contributed by atoms with van der Waals surface area (Å²) < 4.78 is 1.45. The third-order valence-corrected chi connectivity index (χ3v) is 4.19. The molecule has 1 aliphatic rings. The number of nitrogens with one attached hydrogen (secondary N) is 1. The smallest absolute Gasteiger partial charge is 0.254 e. The first-order chi connectivity index (χ1) is 11.1. The van der Waals surface area contributed by atoms with Gasteiger partial charge in [0, 0.05) is 23.4 Å². The molecule has 0 bridgehead atoms. The van der Waals surface area contributed by atoms with Crippen molar-refractivity contribution in [3.63, 3.8) is 0 Å². The van der Waals surface area contributed by atoms with Crippen LogP contribution < -0.4 is 10.9 Å². The molecular weight excluding hydrogens is 290 g/mol. The van der Waals surface area contributed by atoms with Crippen LogP contribution in [0.25, 0.3) is 11.4 Å². The molecule has 0 spiro atoms. The Labute approximate surface area is 135 Å².